The number of carbonyl (C=O) groups is 1. The van der Waals surface area contributed by atoms with Crippen LogP contribution in [-0.4, -0.2) is 60.5 Å². The molecule has 0 radical (unpaired) electrons. The molecule has 1 N–H and O–H groups in total. The van der Waals surface area contributed by atoms with Gasteiger partial charge in [-0.25, -0.2) is 0 Å². The molecule has 0 aromatic carbocycles. The van der Waals surface area contributed by atoms with Crippen LogP contribution in [0.25, 0.3) is 0 Å². The van der Waals surface area contributed by atoms with Gasteiger partial charge in [0.25, 0.3) is 10.2 Å². The van der Waals surface area contributed by atoms with Gasteiger partial charge in [0.15, 0.2) is 0 Å². The van der Waals surface area contributed by atoms with E-state index in [1.807, 2.05) is 0 Å². The van der Waals surface area contributed by atoms with Gasteiger partial charge in [-0.2, -0.15) is 30.2 Å². The number of rotatable bonds is 6. The minimum atomic E-state index is -4.80. The average Bonchev–Trinajstić information content (AvgIpc) is 2.36. The first kappa shape index (κ1) is 18.2. The number of nitrogens with zero attached hydrogens (tertiary/aromatic N) is 2. The van der Waals surface area contributed by atoms with Crippen LogP contribution in [-0.2, 0) is 15.0 Å². The number of alkyl halides is 3. The Morgan fingerprint density at radius 1 is 1.24 bits per heavy atom. The Morgan fingerprint density at radius 3 is 2.19 bits per heavy atom. The third-order valence-electron chi connectivity index (χ3n) is 3.45. The summed E-state index contributed by atoms with van der Waals surface area (Å²) in [5.41, 5.74) is 0. The van der Waals surface area contributed by atoms with Gasteiger partial charge in [0.1, 0.15) is 13.1 Å². The van der Waals surface area contributed by atoms with E-state index in [-0.39, 0.29) is 10.3 Å². The molecule has 0 bridgehead atoms. The van der Waals surface area contributed by atoms with Gasteiger partial charge in [-0.3, -0.25) is 4.79 Å². The Morgan fingerprint density at radius 2 is 1.76 bits per heavy atom. The molecule has 0 amide bonds. The molecule has 0 aromatic rings. The summed E-state index contributed by atoms with van der Waals surface area (Å²) in [6.45, 7) is -3.02. The maximum absolute atomic E-state index is 12.5. The van der Waals surface area contributed by atoms with Crippen LogP contribution < -0.4 is 0 Å². The first-order chi connectivity index (χ1) is 9.54. The highest BCUT2D eigenvalue weighted by Gasteiger charge is 2.40. The Hall–Kier alpha value is -0.870. The molecule has 10 heteroatoms. The van der Waals surface area contributed by atoms with Gasteiger partial charge in [-0.1, -0.05) is 19.3 Å². The largest absolute Gasteiger partial charge is 0.480 e. The fraction of sp³-hybridized carbons (Fsp3) is 0.909. The molecule has 0 saturated heterocycles. The van der Waals surface area contributed by atoms with Crippen LogP contribution in [0.1, 0.15) is 32.1 Å². The molecule has 0 heterocycles. The van der Waals surface area contributed by atoms with E-state index in [4.69, 9.17) is 5.11 Å². The van der Waals surface area contributed by atoms with Crippen LogP contribution >= 0.6 is 0 Å². The Bertz CT molecular complexity index is 461. The number of aliphatic carboxylic acids is 1. The molecule has 1 fully saturated rings. The maximum Gasteiger partial charge on any atom is 0.402 e. The molecule has 21 heavy (non-hydrogen) atoms. The smallest absolute Gasteiger partial charge is 0.402 e. The Labute approximate surface area is 121 Å². The van der Waals surface area contributed by atoms with Gasteiger partial charge in [-0.15, -0.1) is 0 Å². The molecule has 1 aliphatic rings. The molecule has 0 aromatic heterocycles. The number of carboxylic acids is 1. The summed E-state index contributed by atoms with van der Waals surface area (Å²) in [5, 5.41) is 8.64. The zero-order chi connectivity index (χ0) is 16.3. The van der Waals surface area contributed by atoms with E-state index in [0.717, 1.165) is 23.6 Å². The van der Waals surface area contributed by atoms with Crippen LogP contribution in [0.15, 0.2) is 0 Å². The van der Waals surface area contributed by atoms with Gasteiger partial charge >= 0.3 is 12.1 Å². The maximum atomic E-state index is 12.5. The lowest BCUT2D eigenvalue weighted by Crippen LogP contribution is -2.51. The van der Waals surface area contributed by atoms with E-state index in [1.54, 1.807) is 0 Å². The molecule has 1 aliphatic carbocycles. The average molecular weight is 332 g/mol. The van der Waals surface area contributed by atoms with Crippen molar-refractivity contribution in [3.8, 4) is 0 Å². The second-order valence-electron chi connectivity index (χ2n) is 5.09. The summed E-state index contributed by atoms with van der Waals surface area (Å²) in [5.74, 6) is -1.63. The molecule has 0 unspecified atom stereocenters. The van der Waals surface area contributed by atoms with Crippen molar-refractivity contribution in [1.82, 2.24) is 8.61 Å². The second kappa shape index (κ2) is 6.93. The van der Waals surface area contributed by atoms with Gasteiger partial charge in [0.2, 0.25) is 0 Å². The molecule has 0 aliphatic heterocycles. The number of hydrogen-bond donors (Lipinski definition) is 1. The summed E-state index contributed by atoms with van der Waals surface area (Å²) in [6.07, 6.45) is -1.07. The van der Waals surface area contributed by atoms with Crippen molar-refractivity contribution in [2.75, 3.05) is 20.1 Å². The van der Waals surface area contributed by atoms with Crippen LogP contribution in [0, 0.1) is 0 Å². The lowest BCUT2D eigenvalue weighted by molar-refractivity contribution is -0.146. The molecule has 6 nitrogen and oxygen atoms in total. The van der Waals surface area contributed by atoms with Crippen LogP contribution in [0.4, 0.5) is 13.2 Å². The van der Waals surface area contributed by atoms with Crippen LogP contribution in [0.2, 0.25) is 0 Å². The minimum Gasteiger partial charge on any atom is -0.480 e. The topological polar surface area (TPSA) is 77.9 Å². The number of halogens is 3. The number of carboxylic acid groups (broad SMARTS) is 1. The van der Waals surface area contributed by atoms with Crippen molar-refractivity contribution in [1.29, 1.82) is 0 Å². The van der Waals surface area contributed by atoms with E-state index < -0.39 is 35.4 Å². The highest BCUT2D eigenvalue weighted by Crippen LogP contribution is 2.26. The molecular weight excluding hydrogens is 313 g/mol. The van der Waals surface area contributed by atoms with Gasteiger partial charge in [0, 0.05) is 13.1 Å². The monoisotopic (exact) mass is 332 g/mol. The van der Waals surface area contributed by atoms with Crippen molar-refractivity contribution in [3.63, 3.8) is 0 Å². The lowest BCUT2D eigenvalue weighted by atomic mass is 9.96. The van der Waals surface area contributed by atoms with Crippen molar-refractivity contribution in [2.45, 2.75) is 44.3 Å². The summed E-state index contributed by atoms with van der Waals surface area (Å²) in [6, 6.07) is -0.381. The summed E-state index contributed by atoms with van der Waals surface area (Å²) >= 11 is 0. The Balaban J connectivity index is 2.93. The summed E-state index contributed by atoms with van der Waals surface area (Å²) < 4.78 is 62.7. The van der Waals surface area contributed by atoms with E-state index in [0.29, 0.717) is 12.8 Å². The molecule has 124 valence electrons. The fourth-order valence-electron chi connectivity index (χ4n) is 2.39. The van der Waals surface area contributed by atoms with Gasteiger partial charge in [0.05, 0.1) is 0 Å². The highest BCUT2D eigenvalue weighted by atomic mass is 32.2. The van der Waals surface area contributed by atoms with Crippen molar-refractivity contribution < 1.29 is 31.5 Å². The van der Waals surface area contributed by atoms with Crippen molar-refractivity contribution in [2.24, 2.45) is 0 Å². The van der Waals surface area contributed by atoms with Crippen LogP contribution in [0.3, 0.4) is 0 Å². The molecule has 1 rings (SSSR count). The molecule has 0 spiro atoms. The predicted octanol–water partition coefficient (Wildman–Crippen LogP) is 1.44. The molecule has 0 atom stereocenters. The first-order valence-electron chi connectivity index (χ1n) is 6.55. The van der Waals surface area contributed by atoms with E-state index in [1.165, 1.54) is 7.05 Å². The zero-order valence-electron chi connectivity index (χ0n) is 11.6. The van der Waals surface area contributed by atoms with E-state index >= 15 is 0 Å². The standard InChI is InChI=1S/C11H19F3N2O4S/c1-15(9-5-3-2-4-6-9)21(19,20)16(7-10(17)18)8-11(12,13)14/h9H,2-8H2,1H3,(H,17,18). The van der Waals surface area contributed by atoms with Gasteiger partial charge in [-0.05, 0) is 12.8 Å². The second-order valence-corrected chi connectivity index (χ2v) is 7.08. The van der Waals surface area contributed by atoms with Crippen LogP contribution in [0.5, 0.6) is 0 Å². The van der Waals surface area contributed by atoms with E-state index in [9.17, 15) is 26.4 Å². The van der Waals surface area contributed by atoms with Gasteiger partial charge < -0.3 is 5.11 Å². The van der Waals surface area contributed by atoms with Crippen molar-refractivity contribution >= 4 is 16.2 Å². The predicted molar refractivity (Wildman–Crippen MR) is 68.8 cm³/mol. The SMILES string of the molecule is CN(C1CCCCC1)S(=O)(=O)N(CC(=O)O)CC(F)(F)F. The molecular formula is C11H19F3N2O4S. The quantitative estimate of drug-likeness (QED) is 0.798. The Kier molecular flexibility index (Phi) is 6.00. The molecule has 1 saturated carbocycles. The van der Waals surface area contributed by atoms with E-state index in [2.05, 4.69) is 0 Å². The highest BCUT2D eigenvalue weighted by molar-refractivity contribution is 7.86. The minimum absolute atomic E-state index is 0.0378. The number of hydrogen-bond acceptors (Lipinski definition) is 3. The summed E-state index contributed by atoms with van der Waals surface area (Å²) in [7, 11) is -3.26. The third kappa shape index (κ3) is 5.44. The summed E-state index contributed by atoms with van der Waals surface area (Å²) in [4.78, 5) is 10.6. The third-order valence-corrected chi connectivity index (χ3v) is 5.38. The van der Waals surface area contributed by atoms with Crippen molar-refractivity contribution in [3.05, 3.63) is 0 Å². The first-order valence-corrected chi connectivity index (χ1v) is 7.95. The fourth-order valence-corrected chi connectivity index (χ4v) is 3.92. The normalized spacial score (nSPS) is 18.4. The lowest BCUT2D eigenvalue weighted by Gasteiger charge is -2.34. The zero-order valence-corrected chi connectivity index (χ0v) is 12.5.